The van der Waals surface area contributed by atoms with Crippen LogP contribution in [0.15, 0.2) is 35.1 Å². The fourth-order valence-corrected chi connectivity index (χ4v) is 1.73. The number of rotatable bonds is 2. The van der Waals surface area contributed by atoms with Gasteiger partial charge in [-0.15, -0.1) is 0 Å². The van der Waals surface area contributed by atoms with Gasteiger partial charge in [-0.1, -0.05) is 11.2 Å². The second-order valence-electron chi connectivity index (χ2n) is 3.99. The van der Waals surface area contributed by atoms with Crippen LogP contribution in [0.2, 0.25) is 0 Å². The molecule has 3 aromatic rings. The maximum absolute atomic E-state index is 13.4. The van der Waals surface area contributed by atoms with Gasteiger partial charge in [0.15, 0.2) is 5.82 Å². The van der Waals surface area contributed by atoms with E-state index in [0.29, 0.717) is 17.2 Å². The Morgan fingerprint density at radius 3 is 2.95 bits per heavy atom. The predicted molar refractivity (Wildman–Crippen MR) is 66.3 cm³/mol. The highest BCUT2D eigenvalue weighted by Crippen LogP contribution is 2.27. The van der Waals surface area contributed by atoms with Gasteiger partial charge in [-0.3, -0.25) is 0 Å². The zero-order valence-electron chi connectivity index (χ0n) is 10.0. The molecule has 2 aromatic heterocycles. The number of imidazole rings is 1. The van der Waals surface area contributed by atoms with Crippen LogP contribution < -0.4 is 5.73 Å². The highest BCUT2D eigenvalue weighted by Gasteiger charge is 2.16. The van der Waals surface area contributed by atoms with Crippen LogP contribution in [0.4, 0.5) is 10.1 Å². The Bertz CT molecular complexity index is 733. The first kappa shape index (κ1) is 11.4. The molecule has 0 saturated heterocycles. The maximum atomic E-state index is 13.4. The molecular weight excluding hydrogens is 249 g/mol. The highest BCUT2D eigenvalue weighted by molar-refractivity contribution is 5.71. The molecule has 2 heterocycles. The lowest BCUT2D eigenvalue weighted by atomic mass is 10.2. The van der Waals surface area contributed by atoms with Crippen molar-refractivity contribution >= 4 is 5.69 Å². The van der Waals surface area contributed by atoms with Crippen LogP contribution in [0, 0.1) is 5.82 Å². The normalized spacial score (nSPS) is 10.8. The zero-order valence-corrected chi connectivity index (χ0v) is 10.0. The minimum atomic E-state index is -0.519. The number of para-hydroxylation sites is 1. The van der Waals surface area contributed by atoms with Crippen LogP contribution in [-0.2, 0) is 7.05 Å². The first-order chi connectivity index (χ1) is 9.16. The SMILES string of the molecule is Cn1ccnc1-c1noc(-c2cccc(F)c2N)n1. The van der Waals surface area contributed by atoms with Gasteiger partial charge >= 0.3 is 0 Å². The predicted octanol–water partition coefficient (Wildman–Crippen LogP) is 1.86. The van der Waals surface area contributed by atoms with Crippen LogP contribution in [0.25, 0.3) is 23.1 Å². The monoisotopic (exact) mass is 259 g/mol. The van der Waals surface area contributed by atoms with Gasteiger partial charge in [0.05, 0.1) is 11.3 Å². The molecule has 0 unspecified atom stereocenters. The quantitative estimate of drug-likeness (QED) is 0.710. The third-order valence-corrected chi connectivity index (χ3v) is 2.73. The van der Waals surface area contributed by atoms with E-state index in [1.54, 1.807) is 23.0 Å². The smallest absolute Gasteiger partial charge is 0.260 e. The number of aryl methyl sites for hydroxylation is 1. The topological polar surface area (TPSA) is 82.8 Å². The summed E-state index contributed by atoms with van der Waals surface area (Å²) in [5.41, 5.74) is 6.00. The highest BCUT2D eigenvalue weighted by atomic mass is 19.1. The molecule has 0 radical (unpaired) electrons. The standard InChI is InChI=1S/C12H10FN5O/c1-18-6-5-15-11(18)10-16-12(19-17-10)7-3-2-4-8(13)9(7)14/h2-6H,14H2,1H3. The lowest BCUT2D eigenvalue weighted by molar-refractivity contribution is 0.431. The Kier molecular flexibility index (Phi) is 2.52. The average Bonchev–Trinajstić information content (AvgIpc) is 3.01. The van der Waals surface area contributed by atoms with Crippen molar-refractivity contribution in [2.75, 3.05) is 5.73 Å². The Hall–Kier alpha value is -2.70. The molecule has 0 spiro atoms. The van der Waals surface area contributed by atoms with E-state index in [-0.39, 0.29) is 11.6 Å². The summed E-state index contributed by atoms with van der Waals surface area (Å²) in [6, 6.07) is 4.43. The molecule has 0 aliphatic rings. The summed E-state index contributed by atoms with van der Waals surface area (Å²) in [6.07, 6.45) is 3.39. The van der Waals surface area contributed by atoms with E-state index in [2.05, 4.69) is 15.1 Å². The van der Waals surface area contributed by atoms with Crippen LogP contribution in [0.5, 0.6) is 0 Å². The number of aromatic nitrogens is 4. The molecule has 3 rings (SSSR count). The summed E-state index contributed by atoms with van der Waals surface area (Å²) in [4.78, 5) is 8.28. The minimum Gasteiger partial charge on any atom is -0.396 e. The molecule has 0 aliphatic carbocycles. The third kappa shape index (κ3) is 1.85. The Balaban J connectivity index is 2.07. The molecule has 0 aliphatic heterocycles. The summed E-state index contributed by atoms with van der Waals surface area (Å²) in [5, 5.41) is 3.82. The van der Waals surface area contributed by atoms with Crippen molar-refractivity contribution in [1.82, 2.24) is 19.7 Å². The van der Waals surface area contributed by atoms with Gasteiger partial charge in [0.2, 0.25) is 5.82 Å². The fraction of sp³-hybridized carbons (Fsp3) is 0.0833. The largest absolute Gasteiger partial charge is 0.396 e. The average molecular weight is 259 g/mol. The van der Waals surface area contributed by atoms with Gasteiger partial charge in [-0.05, 0) is 12.1 Å². The number of nitrogens with zero attached hydrogens (tertiary/aromatic N) is 4. The molecular formula is C12H10FN5O. The van der Waals surface area contributed by atoms with Crippen LogP contribution in [0.3, 0.4) is 0 Å². The van der Waals surface area contributed by atoms with Gasteiger partial charge < -0.3 is 14.8 Å². The second kappa shape index (κ2) is 4.20. The van der Waals surface area contributed by atoms with Crippen LogP contribution in [-0.4, -0.2) is 19.7 Å². The minimum absolute atomic E-state index is 0.0162. The van der Waals surface area contributed by atoms with Crippen molar-refractivity contribution in [2.45, 2.75) is 0 Å². The zero-order chi connectivity index (χ0) is 13.4. The van der Waals surface area contributed by atoms with E-state index in [4.69, 9.17) is 10.3 Å². The fourth-order valence-electron chi connectivity index (χ4n) is 1.73. The number of nitrogens with two attached hydrogens (primary N) is 1. The molecule has 19 heavy (non-hydrogen) atoms. The molecule has 0 saturated carbocycles. The van der Waals surface area contributed by atoms with Crippen molar-refractivity contribution in [3.63, 3.8) is 0 Å². The van der Waals surface area contributed by atoms with Gasteiger partial charge in [0.1, 0.15) is 5.82 Å². The molecule has 0 fully saturated rings. The number of anilines is 1. The number of benzene rings is 1. The van der Waals surface area contributed by atoms with E-state index in [1.807, 2.05) is 7.05 Å². The van der Waals surface area contributed by atoms with Gasteiger partial charge in [-0.25, -0.2) is 9.37 Å². The van der Waals surface area contributed by atoms with E-state index in [9.17, 15) is 4.39 Å². The molecule has 96 valence electrons. The Labute approximate surface area is 107 Å². The molecule has 7 heteroatoms. The van der Waals surface area contributed by atoms with Crippen molar-refractivity contribution in [2.24, 2.45) is 7.05 Å². The number of nitrogen functional groups attached to an aromatic ring is 1. The van der Waals surface area contributed by atoms with Crippen molar-refractivity contribution in [1.29, 1.82) is 0 Å². The van der Waals surface area contributed by atoms with Gasteiger partial charge in [0, 0.05) is 19.4 Å². The molecule has 0 atom stereocenters. The van der Waals surface area contributed by atoms with Gasteiger partial charge in [-0.2, -0.15) is 4.98 Å². The van der Waals surface area contributed by atoms with E-state index >= 15 is 0 Å². The Morgan fingerprint density at radius 2 is 2.21 bits per heavy atom. The molecule has 0 bridgehead atoms. The lowest BCUT2D eigenvalue weighted by Gasteiger charge is -2.00. The van der Waals surface area contributed by atoms with E-state index in [1.165, 1.54) is 12.1 Å². The molecule has 6 nitrogen and oxygen atoms in total. The molecule has 0 amide bonds. The van der Waals surface area contributed by atoms with Crippen LogP contribution in [0.1, 0.15) is 0 Å². The van der Waals surface area contributed by atoms with E-state index in [0.717, 1.165) is 0 Å². The third-order valence-electron chi connectivity index (χ3n) is 2.73. The van der Waals surface area contributed by atoms with Crippen LogP contribution >= 0.6 is 0 Å². The summed E-state index contributed by atoms with van der Waals surface area (Å²) >= 11 is 0. The number of halogens is 1. The summed E-state index contributed by atoms with van der Waals surface area (Å²) in [6.45, 7) is 0. The van der Waals surface area contributed by atoms with Crippen molar-refractivity contribution in [3.8, 4) is 23.1 Å². The summed E-state index contributed by atoms with van der Waals surface area (Å²) in [7, 11) is 1.81. The van der Waals surface area contributed by atoms with Crippen molar-refractivity contribution < 1.29 is 8.91 Å². The molecule has 2 N–H and O–H groups in total. The maximum Gasteiger partial charge on any atom is 0.260 e. The number of hydrogen-bond acceptors (Lipinski definition) is 5. The van der Waals surface area contributed by atoms with E-state index < -0.39 is 5.82 Å². The first-order valence-electron chi connectivity index (χ1n) is 5.52. The number of hydrogen-bond donors (Lipinski definition) is 1. The summed E-state index contributed by atoms with van der Waals surface area (Å²) in [5.74, 6) is 0.528. The second-order valence-corrected chi connectivity index (χ2v) is 3.99. The van der Waals surface area contributed by atoms with Crippen molar-refractivity contribution in [3.05, 3.63) is 36.4 Å². The molecule has 1 aromatic carbocycles. The lowest BCUT2D eigenvalue weighted by Crippen LogP contribution is -1.95. The van der Waals surface area contributed by atoms with Gasteiger partial charge in [0.25, 0.3) is 5.89 Å². The summed E-state index contributed by atoms with van der Waals surface area (Å²) < 4.78 is 20.2. The Morgan fingerprint density at radius 1 is 1.37 bits per heavy atom. The first-order valence-corrected chi connectivity index (χ1v) is 5.52.